The molecule has 5 rings (SSSR count). The molecule has 25 heavy (non-hydrogen) atoms. The Hall–Kier alpha value is -1.62. The molecule has 0 spiro atoms. The summed E-state index contributed by atoms with van der Waals surface area (Å²) in [5, 5.41) is 0. The molecule has 3 saturated heterocycles. The average Bonchev–Trinajstić information content (AvgIpc) is 3.04. The molecule has 0 unspecified atom stereocenters. The molecular formula is C21H28N2O2. The number of piperidine rings is 1. The van der Waals surface area contributed by atoms with Crippen molar-refractivity contribution in [3.8, 4) is 11.3 Å². The second kappa shape index (κ2) is 7.73. The molecule has 2 bridgehead atoms. The Kier molecular flexibility index (Phi) is 5.20. The van der Waals surface area contributed by atoms with Gasteiger partial charge in [-0.2, -0.15) is 0 Å². The molecule has 0 aliphatic carbocycles. The van der Waals surface area contributed by atoms with Gasteiger partial charge in [0.2, 0.25) is 0 Å². The van der Waals surface area contributed by atoms with Gasteiger partial charge in [-0.3, -0.25) is 9.80 Å². The minimum absolute atomic E-state index is 0.683. The SMILES string of the molecule is COCCN1C[C@H]2CC[C@@H]1CN(Cc1cccc(-c3ccco3)c1)C2. The first-order valence-corrected chi connectivity index (χ1v) is 9.40. The quantitative estimate of drug-likeness (QED) is 0.805. The van der Waals surface area contributed by atoms with Gasteiger partial charge in [0.15, 0.2) is 0 Å². The van der Waals surface area contributed by atoms with E-state index in [2.05, 4.69) is 34.1 Å². The summed E-state index contributed by atoms with van der Waals surface area (Å²) in [6.45, 7) is 6.56. The molecule has 2 aromatic rings. The Labute approximate surface area is 150 Å². The number of rotatable bonds is 6. The zero-order valence-corrected chi connectivity index (χ0v) is 15.1. The number of hydrogen-bond donors (Lipinski definition) is 0. The van der Waals surface area contributed by atoms with Gasteiger partial charge in [-0.25, -0.2) is 0 Å². The summed E-state index contributed by atoms with van der Waals surface area (Å²) in [7, 11) is 1.80. The molecule has 0 saturated carbocycles. The van der Waals surface area contributed by atoms with Crippen molar-refractivity contribution in [1.29, 1.82) is 0 Å². The number of ether oxygens (including phenoxy) is 1. The van der Waals surface area contributed by atoms with Gasteiger partial charge in [-0.15, -0.1) is 0 Å². The lowest BCUT2D eigenvalue weighted by Gasteiger charge is -2.35. The van der Waals surface area contributed by atoms with Crippen molar-refractivity contribution < 1.29 is 9.15 Å². The maximum atomic E-state index is 5.55. The van der Waals surface area contributed by atoms with E-state index in [1.54, 1.807) is 13.4 Å². The first kappa shape index (κ1) is 16.8. The van der Waals surface area contributed by atoms with E-state index in [9.17, 15) is 0 Å². The van der Waals surface area contributed by atoms with Crippen LogP contribution in [0.1, 0.15) is 18.4 Å². The van der Waals surface area contributed by atoms with Gasteiger partial charge in [-0.1, -0.05) is 18.2 Å². The van der Waals surface area contributed by atoms with Gasteiger partial charge in [0, 0.05) is 51.4 Å². The Morgan fingerprint density at radius 1 is 1.12 bits per heavy atom. The molecule has 4 heterocycles. The van der Waals surface area contributed by atoms with Gasteiger partial charge in [0.1, 0.15) is 5.76 Å². The summed E-state index contributed by atoms with van der Waals surface area (Å²) in [6, 6.07) is 13.4. The van der Waals surface area contributed by atoms with Crippen molar-refractivity contribution in [1.82, 2.24) is 9.80 Å². The van der Waals surface area contributed by atoms with Gasteiger partial charge in [0.25, 0.3) is 0 Å². The maximum Gasteiger partial charge on any atom is 0.133 e. The monoisotopic (exact) mass is 340 g/mol. The van der Waals surface area contributed by atoms with Crippen LogP contribution >= 0.6 is 0 Å². The summed E-state index contributed by atoms with van der Waals surface area (Å²) < 4.78 is 10.8. The van der Waals surface area contributed by atoms with E-state index in [0.29, 0.717) is 6.04 Å². The lowest BCUT2D eigenvalue weighted by atomic mass is 9.95. The zero-order chi connectivity index (χ0) is 17.1. The minimum atomic E-state index is 0.683. The second-order valence-electron chi connectivity index (χ2n) is 7.46. The largest absolute Gasteiger partial charge is 0.464 e. The molecule has 4 nitrogen and oxygen atoms in total. The third-order valence-electron chi connectivity index (χ3n) is 5.62. The number of methoxy groups -OCH3 is 1. The van der Waals surface area contributed by atoms with E-state index in [0.717, 1.165) is 31.4 Å². The number of fused-ring (bicyclic) bond motifs is 4. The summed E-state index contributed by atoms with van der Waals surface area (Å²) in [4.78, 5) is 5.30. The molecule has 1 aromatic heterocycles. The first-order chi connectivity index (χ1) is 12.3. The van der Waals surface area contributed by atoms with Crippen molar-refractivity contribution >= 4 is 0 Å². The van der Waals surface area contributed by atoms with Crippen LogP contribution in [0.25, 0.3) is 11.3 Å². The lowest BCUT2D eigenvalue weighted by molar-refractivity contribution is 0.0867. The van der Waals surface area contributed by atoms with E-state index >= 15 is 0 Å². The molecule has 4 heteroatoms. The molecule has 0 amide bonds. The third-order valence-corrected chi connectivity index (χ3v) is 5.62. The second-order valence-corrected chi connectivity index (χ2v) is 7.46. The summed E-state index contributed by atoms with van der Waals surface area (Å²) >= 11 is 0. The number of furan rings is 1. The standard InChI is InChI=1S/C21H28N2O2/c1-24-11-9-23-15-18-7-8-20(23)16-22(14-18)13-17-4-2-5-19(12-17)21-6-3-10-25-21/h2-6,10,12,18,20H,7-9,11,13-16H2,1H3/t18-,20+/m0/s1. The molecule has 3 fully saturated rings. The minimum Gasteiger partial charge on any atom is -0.464 e. The van der Waals surface area contributed by atoms with Crippen molar-refractivity contribution in [2.24, 2.45) is 5.92 Å². The van der Waals surface area contributed by atoms with Gasteiger partial charge in [0.05, 0.1) is 12.9 Å². The third kappa shape index (κ3) is 3.97. The van der Waals surface area contributed by atoms with Crippen LogP contribution in [-0.2, 0) is 11.3 Å². The van der Waals surface area contributed by atoms with E-state index < -0.39 is 0 Å². The fourth-order valence-electron chi connectivity index (χ4n) is 4.41. The summed E-state index contributed by atoms with van der Waals surface area (Å²) in [6.07, 6.45) is 4.44. The van der Waals surface area contributed by atoms with Crippen LogP contribution < -0.4 is 0 Å². The van der Waals surface area contributed by atoms with Crippen molar-refractivity contribution in [2.75, 3.05) is 39.9 Å². The molecule has 134 valence electrons. The Balaban J connectivity index is 1.44. The van der Waals surface area contributed by atoms with Crippen molar-refractivity contribution in [3.63, 3.8) is 0 Å². The smallest absolute Gasteiger partial charge is 0.133 e. The summed E-state index contributed by atoms with van der Waals surface area (Å²) in [5.74, 6) is 1.74. The number of hydrogen-bond acceptors (Lipinski definition) is 4. The predicted octanol–water partition coefficient (Wildman–Crippen LogP) is 3.49. The van der Waals surface area contributed by atoms with Crippen LogP contribution in [0, 0.1) is 5.92 Å². The van der Waals surface area contributed by atoms with Crippen LogP contribution in [0.2, 0.25) is 0 Å². The highest BCUT2D eigenvalue weighted by molar-refractivity contribution is 5.58. The van der Waals surface area contributed by atoms with Crippen molar-refractivity contribution in [2.45, 2.75) is 25.4 Å². The topological polar surface area (TPSA) is 28.9 Å². The highest BCUT2D eigenvalue weighted by atomic mass is 16.5. The van der Waals surface area contributed by atoms with Gasteiger partial charge >= 0.3 is 0 Å². The number of benzene rings is 1. The van der Waals surface area contributed by atoms with E-state index in [1.807, 2.05) is 12.1 Å². The average molecular weight is 340 g/mol. The van der Waals surface area contributed by atoms with Crippen LogP contribution in [0.4, 0.5) is 0 Å². The molecule has 3 aliphatic heterocycles. The van der Waals surface area contributed by atoms with Crippen LogP contribution in [0.5, 0.6) is 0 Å². The molecule has 1 aromatic carbocycles. The lowest BCUT2D eigenvalue weighted by Crippen LogP contribution is -2.45. The summed E-state index contributed by atoms with van der Waals surface area (Å²) in [5.41, 5.74) is 2.54. The van der Waals surface area contributed by atoms with Crippen LogP contribution in [-0.4, -0.2) is 55.7 Å². The van der Waals surface area contributed by atoms with E-state index in [1.165, 1.54) is 43.6 Å². The predicted molar refractivity (Wildman–Crippen MR) is 99.4 cm³/mol. The fraction of sp³-hybridized carbons (Fsp3) is 0.524. The number of nitrogens with zero attached hydrogens (tertiary/aromatic N) is 2. The van der Waals surface area contributed by atoms with Gasteiger partial charge < -0.3 is 9.15 Å². The highest BCUT2D eigenvalue weighted by Crippen LogP contribution is 2.29. The molecular weight excluding hydrogens is 312 g/mol. The van der Waals surface area contributed by atoms with Gasteiger partial charge in [-0.05, 0) is 42.5 Å². The Morgan fingerprint density at radius 2 is 2.08 bits per heavy atom. The maximum absolute atomic E-state index is 5.55. The van der Waals surface area contributed by atoms with Crippen LogP contribution in [0.15, 0.2) is 47.1 Å². The molecule has 2 atom stereocenters. The van der Waals surface area contributed by atoms with E-state index in [4.69, 9.17) is 9.15 Å². The van der Waals surface area contributed by atoms with Crippen LogP contribution in [0.3, 0.4) is 0 Å². The zero-order valence-electron chi connectivity index (χ0n) is 15.1. The molecule has 0 radical (unpaired) electrons. The first-order valence-electron chi connectivity index (χ1n) is 9.40. The normalized spacial score (nSPS) is 24.5. The molecule has 3 aliphatic rings. The van der Waals surface area contributed by atoms with Crippen molar-refractivity contribution in [3.05, 3.63) is 48.2 Å². The Bertz CT molecular complexity index is 670. The fourth-order valence-corrected chi connectivity index (χ4v) is 4.41. The van der Waals surface area contributed by atoms with E-state index in [-0.39, 0.29) is 0 Å². The molecule has 0 N–H and O–H groups in total. The Morgan fingerprint density at radius 3 is 2.92 bits per heavy atom. The highest BCUT2D eigenvalue weighted by Gasteiger charge is 2.34.